The van der Waals surface area contributed by atoms with Crippen molar-refractivity contribution in [2.75, 3.05) is 13.2 Å². The lowest BCUT2D eigenvalue weighted by atomic mass is 10.0. The number of hydrogen-bond donors (Lipinski definition) is 0. The molecule has 6 heteroatoms. The lowest BCUT2D eigenvalue weighted by Gasteiger charge is -2.18. The van der Waals surface area contributed by atoms with Crippen LogP contribution in [0.4, 0.5) is 0 Å². The molecule has 0 aromatic rings. The maximum absolute atomic E-state index is 12.9. The van der Waals surface area contributed by atoms with Gasteiger partial charge in [0.15, 0.2) is 6.10 Å². The minimum atomic E-state index is -0.785. The molecule has 0 aromatic carbocycles. The van der Waals surface area contributed by atoms with E-state index in [9.17, 15) is 14.4 Å². The highest BCUT2D eigenvalue weighted by Gasteiger charge is 2.19. The highest BCUT2D eigenvalue weighted by atomic mass is 16.6. The van der Waals surface area contributed by atoms with Crippen LogP contribution in [0.1, 0.15) is 335 Å². The number of unbranched alkanes of at least 4 members (excludes halogenated alkanes) is 37. The number of esters is 3. The zero-order chi connectivity index (χ0) is 55.0. The average Bonchev–Trinajstić information content (AvgIpc) is 3.42. The third-order valence-corrected chi connectivity index (χ3v) is 14.5. The predicted octanol–water partition coefficient (Wildman–Crippen LogP) is 22.5. The van der Waals surface area contributed by atoms with E-state index in [1.54, 1.807) is 0 Å². The molecule has 440 valence electrons. The second-order valence-corrected chi connectivity index (χ2v) is 22.0. The molecular weight excluding hydrogens is 937 g/mol. The van der Waals surface area contributed by atoms with Gasteiger partial charge in [-0.15, -0.1) is 0 Å². The van der Waals surface area contributed by atoms with E-state index in [-0.39, 0.29) is 31.1 Å². The van der Waals surface area contributed by atoms with E-state index in [1.165, 1.54) is 186 Å². The van der Waals surface area contributed by atoms with Crippen molar-refractivity contribution in [1.29, 1.82) is 0 Å². The SMILES string of the molecule is CC/C=C\C/C=C\C/C=C\CCCCCCCCCC(=O)OCC(COC(=O)CCCCCCCCCCCCCCCCCCCCCCCCCC)OC(=O)CCCCCCCCC/C=C\C/C=C\C/C=C\CC. The lowest BCUT2D eigenvalue weighted by Crippen LogP contribution is -2.30. The first-order chi connectivity index (χ1) is 37.5. The topological polar surface area (TPSA) is 78.9 Å². The molecule has 0 aliphatic carbocycles. The third-order valence-electron chi connectivity index (χ3n) is 14.5. The van der Waals surface area contributed by atoms with Crippen LogP contribution in [0.15, 0.2) is 72.9 Å². The summed E-state index contributed by atoms with van der Waals surface area (Å²) in [6, 6.07) is 0. The summed E-state index contributed by atoms with van der Waals surface area (Å²) in [6.07, 6.45) is 83.4. The molecule has 0 bridgehead atoms. The molecule has 0 rings (SSSR count). The van der Waals surface area contributed by atoms with Crippen LogP contribution in [0.2, 0.25) is 0 Å². The molecule has 0 saturated heterocycles. The molecule has 0 heterocycles. The van der Waals surface area contributed by atoms with Gasteiger partial charge in [0.05, 0.1) is 0 Å². The van der Waals surface area contributed by atoms with Gasteiger partial charge in [-0.05, 0) is 83.5 Å². The summed E-state index contributed by atoms with van der Waals surface area (Å²) < 4.78 is 16.9. The Labute approximate surface area is 472 Å². The molecule has 0 N–H and O–H groups in total. The smallest absolute Gasteiger partial charge is 0.306 e. The van der Waals surface area contributed by atoms with Crippen LogP contribution >= 0.6 is 0 Å². The van der Waals surface area contributed by atoms with Gasteiger partial charge in [0.2, 0.25) is 0 Å². The number of carbonyl (C=O) groups excluding carboxylic acids is 3. The van der Waals surface area contributed by atoms with Gasteiger partial charge in [-0.1, -0.05) is 306 Å². The molecule has 0 aliphatic rings. The van der Waals surface area contributed by atoms with Gasteiger partial charge in [-0.3, -0.25) is 14.4 Å². The maximum atomic E-state index is 12.9. The van der Waals surface area contributed by atoms with Crippen molar-refractivity contribution in [3.63, 3.8) is 0 Å². The van der Waals surface area contributed by atoms with Crippen LogP contribution in [-0.4, -0.2) is 37.2 Å². The van der Waals surface area contributed by atoms with Crippen LogP contribution in [-0.2, 0) is 28.6 Å². The minimum absolute atomic E-state index is 0.0798. The van der Waals surface area contributed by atoms with Crippen LogP contribution in [0.3, 0.4) is 0 Å². The number of ether oxygens (including phenoxy) is 3. The maximum Gasteiger partial charge on any atom is 0.306 e. The molecular formula is C70H124O6. The lowest BCUT2D eigenvalue weighted by molar-refractivity contribution is -0.167. The first-order valence-electron chi connectivity index (χ1n) is 32.9. The van der Waals surface area contributed by atoms with Crippen molar-refractivity contribution >= 4 is 17.9 Å². The molecule has 0 aliphatic heterocycles. The fourth-order valence-corrected chi connectivity index (χ4v) is 9.59. The van der Waals surface area contributed by atoms with Gasteiger partial charge in [-0.2, -0.15) is 0 Å². The highest BCUT2D eigenvalue weighted by Crippen LogP contribution is 2.18. The van der Waals surface area contributed by atoms with Gasteiger partial charge < -0.3 is 14.2 Å². The van der Waals surface area contributed by atoms with Crippen LogP contribution in [0.25, 0.3) is 0 Å². The summed E-state index contributed by atoms with van der Waals surface area (Å²) in [5.74, 6) is -0.882. The van der Waals surface area contributed by atoms with E-state index in [2.05, 4.69) is 93.7 Å². The summed E-state index contributed by atoms with van der Waals surface area (Å²) in [5, 5.41) is 0. The Hall–Kier alpha value is -3.15. The largest absolute Gasteiger partial charge is 0.462 e. The van der Waals surface area contributed by atoms with E-state index in [1.807, 2.05) is 0 Å². The van der Waals surface area contributed by atoms with Crippen LogP contribution < -0.4 is 0 Å². The van der Waals surface area contributed by atoms with Gasteiger partial charge in [0, 0.05) is 19.3 Å². The summed E-state index contributed by atoms with van der Waals surface area (Å²) in [4.78, 5) is 38.4. The molecule has 6 nitrogen and oxygen atoms in total. The van der Waals surface area contributed by atoms with E-state index in [0.29, 0.717) is 19.3 Å². The molecule has 1 atom stereocenters. The van der Waals surface area contributed by atoms with Crippen LogP contribution in [0, 0.1) is 0 Å². The van der Waals surface area contributed by atoms with Gasteiger partial charge in [0.25, 0.3) is 0 Å². The van der Waals surface area contributed by atoms with Crippen molar-refractivity contribution in [2.45, 2.75) is 341 Å². The van der Waals surface area contributed by atoms with Crippen LogP contribution in [0.5, 0.6) is 0 Å². The molecule has 0 saturated carbocycles. The predicted molar refractivity (Wildman–Crippen MR) is 330 cm³/mol. The number of hydrogen-bond acceptors (Lipinski definition) is 6. The molecule has 1 unspecified atom stereocenters. The average molecular weight is 1060 g/mol. The monoisotopic (exact) mass is 1060 g/mol. The normalized spacial score (nSPS) is 12.5. The standard InChI is InChI=1S/C70H124O6/c1-4-7-10-13-16-19-22-25-28-31-32-33-34-35-36-37-40-42-45-48-51-54-57-60-63-69(72)75-66-67(76-70(73)64-61-58-55-52-49-46-43-39-30-27-24-21-18-15-12-9-6-3)65-74-68(71)62-59-56-53-50-47-44-41-38-29-26-23-20-17-14-11-8-5-2/h8-9,11-12,17-18,20-21,26-27,29-30,67H,4-7,10,13-16,19,22-25,28,31-66H2,1-3H3/b11-8-,12-9-,20-17-,21-18-,29-26-,30-27-. The van der Waals surface area contributed by atoms with Gasteiger partial charge in [0.1, 0.15) is 13.2 Å². The second-order valence-electron chi connectivity index (χ2n) is 22.0. The quantitative estimate of drug-likeness (QED) is 0.0261. The third kappa shape index (κ3) is 61.7. The Kier molecular flexibility index (Phi) is 61.7. The highest BCUT2D eigenvalue weighted by molar-refractivity contribution is 5.71. The Morgan fingerprint density at radius 3 is 0.803 bits per heavy atom. The van der Waals surface area contributed by atoms with Gasteiger partial charge >= 0.3 is 17.9 Å². The van der Waals surface area contributed by atoms with Crippen molar-refractivity contribution in [3.8, 4) is 0 Å². The Morgan fingerprint density at radius 1 is 0.276 bits per heavy atom. The fourth-order valence-electron chi connectivity index (χ4n) is 9.59. The Balaban J connectivity index is 4.31. The number of rotatable bonds is 60. The van der Waals surface area contributed by atoms with Crippen molar-refractivity contribution in [1.82, 2.24) is 0 Å². The summed E-state index contributed by atoms with van der Waals surface area (Å²) in [7, 11) is 0. The van der Waals surface area contributed by atoms with E-state index in [0.717, 1.165) is 109 Å². The summed E-state index contributed by atoms with van der Waals surface area (Å²) in [5.41, 5.74) is 0. The fraction of sp³-hybridized carbons (Fsp3) is 0.786. The minimum Gasteiger partial charge on any atom is -0.462 e. The first-order valence-corrected chi connectivity index (χ1v) is 32.9. The number of carbonyl (C=O) groups is 3. The second kappa shape index (κ2) is 64.4. The van der Waals surface area contributed by atoms with Crippen molar-refractivity contribution in [2.24, 2.45) is 0 Å². The van der Waals surface area contributed by atoms with E-state index >= 15 is 0 Å². The molecule has 76 heavy (non-hydrogen) atoms. The van der Waals surface area contributed by atoms with Gasteiger partial charge in [-0.25, -0.2) is 0 Å². The molecule has 0 radical (unpaired) electrons. The van der Waals surface area contributed by atoms with Crippen molar-refractivity contribution in [3.05, 3.63) is 72.9 Å². The Bertz CT molecular complexity index is 1400. The summed E-state index contributed by atoms with van der Waals surface area (Å²) in [6.45, 7) is 6.45. The number of allylic oxidation sites excluding steroid dienone is 12. The van der Waals surface area contributed by atoms with E-state index in [4.69, 9.17) is 14.2 Å². The molecule has 0 spiro atoms. The van der Waals surface area contributed by atoms with Crippen molar-refractivity contribution < 1.29 is 28.6 Å². The Morgan fingerprint density at radius 2 is 0.513 bits per heavy atom. The zero-order valence-electron chi connectivity index (χ0n) is 50.5. The molecule has 0 aromatic heterocycles. The molecule has 0 fully saturated rings. The summed E-state index contributed by atoms with van der Waals surface area (Å²) >= 11 is 0. The first kappa shape index (κ1) is 72.8. The molecule has 0 amide bonds. The zero-order valence-corrected chi connectivity index (χ0v) is 50.5. The van der Waals surface area contributed by atoms with E-state index < -0.39 is 6.10 Å².